The van der Waals surface area contributed by atoms with E-state index in [0.29, 0.717) is 18.7 Å². The van der Waals surface area contributed by atoms with E-state index in [-0.39, 0.29) is 5.91 Å². The SMILES string of the molecule is COCc1ccc(C(=O)NCc2cn[nH]c2C)cc1. The van der Waals surface area contributed by atoms with Crippen LogP contribution in [-0.2, 0) is 17.9 Å². The Balaban J connectivity index is 1.94. The van der Waals surface area contributed by atoms with Gasteiger partial charge in [-0.15, -0.1) is 0 Å². The summed E-state index contributed by atoms with van der Waals surface area (Å²) < 4.78 is 5.03. The van der Waals surface area contributed by atoms with Crippen molar-refractivity contribution >= 4 is 5.91 Å². The molecule has 2 rings (SSSR count). The first-order chi connectivity index (χ1) is 9.20. The second-order valence-electron chi connectivity index (χ2n) is 4.33. The van der Waals surface area contributed by atoms with Gasteiger partial charge in [0.2, 0.25) is 0 Å². The van der Waals surface area contributed by atoms with Crippen molar-refractivity contribution in [1.82, 2.24) is 15.5 Å². The second kappa shape index (κ2) is 6.15. The first-order valence-corrected chi connectivity index (χ1v) is 6.05. The number of ether oxygens (including phenoxy) is 1. The number of aryl methyl sites for hydroxylation is 1. The summed E-state index contributed by atoms with van der Waals surface area (Å²) >= 11 is 0. The van der Waals surface area contributed by atoms with Gasteiger partial charge in [0.1, 0.15) is 0 Å². The minimum absolute atomic E-state index is 0.0930. The van der Waals surface area contributed by atoms with Crippen molar-refractivity contribution in [2.24, 2.45) is 0 Å². The van der Waals surface area contributed by atoms with Crippen LogP contribution in [0.4, 0.5) is 0 Å². The van der Waals surface area contributed by atoms with Gasteiger partial charge in [-0.1, -0.05) is 12.1 Å². The highest BCUT2D eigenvalue weighted by molar-refractivity contribution is 5.94. The van der Waals surface area contributed by atoms with E-state index in [2.05, 4.69) is 15.5 Å². The molecule has 100 valence electrons. The fourth-order valence-corrected chi connectivity index (χ4v) is 1.75. The number of nitrogens with zero attached hydrogens (tertiary/aromatic N) is 1. The Hall–Kier alpha value is -2.14. The van der Waals surface area contributed by atoms with Crippen molar-refractivity contribution in [2.45, 2.75) is 20.1 Å². The Morgan fingerprint density at radius 1 is 1.37 bits per heavy atom. The van der Waals surface area contributed by atoms with Crippen LogP contribution in [0.15, 0.2) is 30.5 Å². The molecule has 5 nitrogen and oxygen atoms in total. The molecule has 0 bridgehead atoms. The zero-order valence-electron chi connectivity index (χ0n) is 11.1. The van der Waals surface area contributed by atoms with E-state index in [9.17, 15) is 4.79 Å². The lowest BCUT2D eigenvalue weighted by Crippen LogP contribution is -2.22. The Kier molecular flexibility index (Phi) is 4.30. The zero-order valence-corrected chi connectivity index (χ0v) is 11.1. The summed E-state index contributed by atoms with van der Waals surface area (Å²) in [6.07, 6.45) is 1.72. The zero-order chi connectivity index (χ0) is 13.7. The number of rotatable bonds is 5. The lowest BCUT2D eigenvalue weighted by Gasteiger charge is -2.05. The number of hydrogen-bond acceptors (Lipinski definition) is 3. The number of aromatic amines is 1. The molecule has 5 heteroatoms. The monoisotopic (exact) mass is 259 g/mol. The van der Waals surface area contributed by atoms with Crippen molar-refractivity contribution in [3.63, 3.8) is 0 Å². The first-order valence-electron chi connectivity index (χ1n) is 6.05. The maximum atomic E-state index is 11.9. The molecule has 0 fully saturated rings. The quantitative estimate of drug-likeness (QED) is 0.860. The van der Waals surface area contributed by atoms with Crippen molar-refractivity contribution in [1.29, 1.82) is 0 Å². The summed E-state index contributed by atoms with van der Waals surface area (Å²) in [7, 11) is 1.65. The fraction of sp³-hybridized carbons (Fsp3) is 0.286. The predicted molar refractivity (Wildman–Crippen MR) is 71.6 cm³/mol. The molecule has 2 aromatic rings. The van der Waals surface area contributed by atoms with Crippen molar-refractivity contribution < 1.29 is 9.53 Å². The van der Waals surface area contributed by atoms with Gasteiger partial charge >= 0.3 is 0 Å². The van der Waals surface area contributed by atoms with Gasteiger partial charge in [0.25, 0.3) is 5.91 Å². The highest BCUT2D eigenvalue weighted by atomic mass is 16.5. The molecule has 0 radical (unpaired) electrons. The topological polar surface area (TPSA) is 67.0 Å². The van der Waals surface area contributed by atoms with E-state index in [1.807, 2.05) is 19.1 Å². The number of hydrogen-bond donors (Lipinski definition) is 2. The van der Waals surface area contributed by atoms with Crippen molar-refractivity contribution in [3.8, 4) is 0 Å². The molecule has 0 spiro atoms. The molecule has 0 aliphatic heterocycles. The van der Waals surface area contributed by atoms with Crippen LogP contribution in [0.2, 0.25) is 0 Å². The van der Waals surface area contributed by atoms with Crippen LogP contribution < -0.4 is 5.32 Å². The van der Waals surface area contributed by atoms with Gasteiger partial charge in [-0.2, -0.15) is 5.10 Å². The average Bonchev–Trinajstić information content (AvgIpc) is 2.83. The Bertz CT molecular complexity index is 546. The number of carbonyl (C=O) groups is 1. The molecular weight excluding hydrogens is 242 g/mol. The van der Waals surface area contributed by atoms with Crippen LogP contribution in [-0.4, -0.2) is 23.2 Å². The van der Waals surface area contributed by atoms with Gasteiger partial charge in [-0.3, -0.25) is 9.89 Å². The first kappa shape index (κ1) is 13.3. The molecule has 0 unspecified atom stereocenters. The van der Waals surface area contributed by atoms with Gasteiger partial charge in [-0.05, 0) is 24.6 Å². The molecule has 0 saturated heterocycles. The maximum Gasteiger partial charge on any atom is 0.251 e. The third-order valence-electron chi connectivity index (χ3n) is 2.90. The molecule has 0 aliphatic carbocycles. The summed E-state index contributed by atoms with van der Waals surface area (Å²) in [5, 5.41) is 9.62. The number of benzene rings is 1. The Morgan fingerprint density at radius 2 is 2.11 bits per heavy atom. The van der Waals surface area contributed by atoms with E-state index in [1.54, 1.807) is 25.4 Å². The highest BCUT2D eigenvalue weighted by Crippen LogP contribution is 2.07. The van der Waals surface area contributed by atoms with E-state index >= 15 is 0 Å². The summed E-state index contributed by atoms with van der Waals surface area (Å²) in [6.45, 7) is 2.95. The molecule has 19 heavy (non-hydrogen) atoms. The molecule has 0 atom stereocenters. The second-order valence-corrected chi connectivity index (χ2v) is 4.33. The fourth-order valence-electron chi connectivity index (χ4n) is 1.75. The van der Waals surface area contributed by atoms with Crippen molar-refractivity contribution in [3.05, 3.63) is 52.8 Å². The minimum atomic E-state index is -0.0930. The molecule has 0 saturated carbocycles. The van der Waals surface area contributed by atoms with Crippen LogP contribution in [0.25, 0.3) is 0 Å². The summed E-state index contributed by atoms with van der Waals surface area (Å²) in [5.41, 5.74) is 3.64. The lowest BCUT2D eigenvalue weighted by molar-refractivity contribution is 0.0951. The van der Waals surface area contributed by atoms with Gasteiger partial charge in [0, 0.05) is 30.5 Å². The van der Waals surface area contributed by atoms with E-state index in [0.717, 1.165) is 16.8 Å². The number of aromatic nitrogens is 2. The molecule has 2 N–H and O–H groups in total. The maximum absolute atomic E-state index is 11.9. The molecule has 0 aliphatic rings. The molecule has 1 heterocycles. The molecular formula is C14H17N3O2. The standard InChI is InChI=1S/C14H17N3O2/c1-10-13(8-16-17-10)7-15-14(18)12-5-3-11(4-6-12)9-19-2/h3-6,8H,7,9H2,1-2H3,(H,15,18)(H,16,17). The van der Waals surface area contributed by atoms with Gasteiger partial charge in [-0.25, -0.2) is 0 Å². The smallest absolute Gasteiger partial charge is 0.251 e. The van der Waals surface area contributed by atoms with Crippen molar-refractivity contribution in [2.75, 3.05) is 7.11 Å². The summed E-state index contributed by atoms with van der Waals surface area (Å²) in [6, 6.07) is 7.38. The van der Waals surface area contributed by atoms with E-state index in [1.165, 1.54) is 0 Å². The Labute approximate surface area is 112 Å². The van der Waals surface area contributed by atoms with Gasteiger partial charge < -0.3 is 10.1 Å². The normalized spacial score (nSPS) is 10.4. The van der Waals surface area contributed by atoms with Crippen LogP contribution in [0.3, 0.4) is 0 Å². The predicted octanol–water partition coefficient (Wildman–Crippen LogP) is 1.79. The summed E-state index contributed by atoms with van der Waals surface area (Å²) in [5.74, 6) is -0.0930. The number of H-pyrrole nitrogens is 1. The largest absolute Gasteiger partial charge is 0.380 e. The number of amides is 1. The van der Waals surface area contributed by atoms with Gasteiger partial charge in [0.05, 0.1) is 12.8 Å². The summed E-state index contributed by atoms with van der Waals surface area (Å²) in [4.78, 5) is 11.9. The number of nitrogens with one attached hydrogen (secondary N) is 2. The lowest BCUT2D eigenvalue weighted by atomic mass is 10.1. The van der Waals surface area contributed by atoms with E-state index in [4.69, 9.17) is 4.74 Å². The number of carbonyl (C=O) groups excluding carboxylic acids is 1. The molecule has 1 amide bonds. The number of methoxy groups -OCH3 is 1. The van der Waals surface area contributed by atoms with Gasteiger partial charge in [0.15, 0.2) is 0 Å². The van der Waals surface area contributed by atoms with Crippen LogP contribution in [0.5, 0.6) is 0 Å². The third-order valence-corrected chi connectivity index (χ3v) is 2.90. The molecule has 1 aromatic carbocycles. The Morgan fingerprint density at radius 3 is 2.68 bits per heavy atom. The highest BCUT2D eigenvalue weighted by Gasteiger charge is 2.06. The average molecular weight is 259 g/mol. The minimum Gasteiger partial charge on any atom is -0.380 e. The van der Waals surface area contributed by atoms with E-state index < -0.39 is 0 Å². The van der Waals surface area contributed by atoms with Crippen LogP contribution in [0, 0.1) is 6.92 Å². The molecule has 1 aromatic heterocycles. The van der Waals surface area contributed by atoms with Crippen LogP contribution >= 0.6 is 0 Å². The van der Waals surface area contributed by atoms with Crippen LogP contribution in [0.1, 0.15) is 27.2 Å². The third kappa shape index (κ3) is 3.42.